The van der Waals surface area contributed by atoms with Crippen LogP contribution in [-0.4, -0.2) is 36.1 Å². The molecule has 0 spiro atoms. The van der Waals surface area contributed by atoms with E-state index in [1.54, 1.807) is 25.1 Å². The van der Waals surface area contributed by atoms with Crippen molar-refractivity contribution in [3.63, 3.8) is 0 Å². The standard InChI is InChI=1S/C24H24N2O3/c1-16(13-17-9-10-22(29-2)21(27)14-17)24(28)19-15-23(26-11-5-6-12-26)25-20-8-4-3-7-18(19)20/h3-4,7-10,13-15,27H,5-6,11-12H2,1-2H3/b16-13+. The molecule has 3 aromatic rings. The highest BCUT2D eigenvalue weighted by molar-refractivity contribution is 6.17. The molecule has 1 aromatic heterocycles. The molecule has 5 heteroatoms. The molecule has 0 radical (unpaired) electrons. The highest BCUT2D eigenvalue weighted by Gasteiger charge is 2.19. The number of phenolic OH excluding ortho intramolecular Hbond substituents is 1. The number of para-hydroxylation sites is 1. The summed E-state index contributed by atoms with van der Waals surface area (Å²) >= 11 is 0. The highest BCUT2D eigenvalue weighted by atomic mass is 16.5. The summed E-state index contributed by atoms with van der Waals surface area (Å²) in [6.07, 6.45) is 4.08. The summed E-state index contributed by atoms with van der Waals surface area (Å²) in [5.74, 6) is 1.27. The van der Waals surface area contributed by atoms with Crippen LogP contribution in [-0.2, 0) is 0 Å². The van der Waals surface area contributed by atoms with Crippen molar-refractivity contribution in [1.82, 2.24) is 4.98 Å². The molecule has 0 bridgehead atoms. The Kier molecular flexibility index (Phi) is 5.21. The average Bonchev–Trinajstić information content (AvgIpc) is 3.27. The van der Waals surface area contributed by atoms with Gasteiger partial charge in [0.15, 0.2) is 17.3 Å². The van der Waals surface area contributed by atoms with Gasteiger partial charge in [-0.1, -0.05) is 24.3 Å². The third-order valence-corrected chi connectivity index (χ3v) is 5.32. The number of aromatic nitrogens is 1. The molecule has 1 N–H and O–H groups in total. The van der Waals surface area contributed by atoms with Crippen LogP contribution in [0, 0.1) is 0 Å². The minimum Gasteiger partial charge on any atom is -0.504 e. The number of hydrogen-bond donors (Lipinski definition) is 1. The summed E-state index contributed by atoms with van der Waals surface area (Å²) in [6, 6.07) is 14.8. The molecule has 0 atom stereocenters. The van der Waals surface area contributed by atoms with Gasteiger partial charge in [-0.3, -0.25) is 4.79 Å². The van der Waals surface area contributed by atoms with Crippen molar-refractivity contribution in [2.45, 2.75) is 19.8 Å². The fraction of sp³-hybridized carbons (Fsp3) is 0.250. The van der Waals surface area contributed by atoms with Crippen LogP contribution >= 0.6 is 0 Å². The van der Waals surface area contributed by atoms with Crippen LogP contribution in [0.3, 0.4) is 0 Å². The van der Waals surface area contributed by atoms with Crippen molar-refractivity contribution in [1.29, 1.82) is 0 Å². The van der Waals surface area contributed by atoms with E-state index in [1.807, 2.05) is 36.4 Å². The Balaban J connectivity index is 1.74. The van der Waals surface area contributed by atoms with E-state index in [1.165, 1.54) is 7.11 Å². The maximum Gasteiger partial charge on any atom is 0.189 e. The molecule has 0 amide bonds. The fourth-order valence-electron chi connectivity index (χ4n) is 3.78. The van der Waals surface area contributed by atoms with E-state index in [0.29, 0.717) is 16.9 Å². The van der Waals surface area contributed by atoms with Crippen LogP contribution in [0.15, 0.2) is 54.1 Å². The maximum absolute atomic E-state index is 13.3. The predicted molar refractivity (Wildman–Crippen MR) is 116 cm³/mol. The Labute approximate surface area is 170 Å². The Morgan fingerprint density at radius 3 is 2.62 bits per heavy atom. The monoisotopic (exact) mass is 388 g/mol. The molecule has 1 saturated heterocycles. The van der Waals surface area contributed by atoms with Crippen LogP contribution in [0.2, 0.25) is 0 Å². The number of carbonyl (C=O) groups is 1. The lowest BCUT2D eigenvalue weighted by Crippen LogP contribution is -2.19. The molecule has 0 aliphatic carbocycles. The van der Waals surface area contributed by atoms with Gasteiger partial charge in [0.25, 0.3) is 0 Å². The number of benzene rings is 2. The maximum atomic E-state index is 13.3. The smallest absolute Gasteiger partial charge is 0.189 e. The molecule has 4 rings (SSSR count). The van der Waals surface area contributed by atoms with E-state index in [4.69, 9.17) is 9.72 Å². The summed E-state index contributed by atoms with van der Waals surface area (Å²) < 4.78 is 5.08. The van der Waals surface area contributed by atoms with E-state index >= 15 is 0 Å². The van der Waals surface area contributed by atoms with Gasteiger partial charge in [-0.25, -0.2) is 4.98 Å². The second kappa shape index (κ2) is 7.95. The Morgan fingerprint density at radius 1 is 1.14 bits per heavy atom. The summed E-state index contributed by atoms with van der Waals surface area (Å²) in [5.41, 5.74) is 2.82. The van der Waals surface area contributed by atoms with Gasteiger partial charge in [-0.15, -0.1) is 0 Å². The van der Waals surface area contributed by atoms with Crippen molar-refractivity contribution in [3.05, 3.63) is 65.2 Å². The Hall–Kier alpha value is -3.34. The minimum absolute atomic E-state index is 0.0423. The number of fused-ring (bicyclic) bond motifs is 1. The number of pyridine rings is 1. The molecule has 29 heavy (non-hydrogen) atoms. The van der Waals surface area contributed by atoms with Crippen molar-refractivity contribution in [2.24, 2.45) is 0 Å². The number of ether oxygens (including phenoxy) is 1. The lowest BCUT2D eigenvalue weighted by molar-refractivity contribution is 0.103. The molecule has 1 fully saturated rings. The number of rotatable bonds is 5. The normalized spacial score (nSPS) is 14.4. The number of ketones is 1. The largest absolute Gasteiger partial charge is 0.504 e. The topological polar surface area (TPSA) is 62.7 Å². The summed E-state index contributed by atoms with van der Waals surface area (Å²) in [5, 5.41) is 10.9. The number of aromatic hydroxyl groups is 1. The van der Waals surface area contributed by atoms with Crippen LogP contribution in [0.4, 0.5) is 5.82 Å². The molecular formula is C24H24N2O3. The zero-order valence-electron chi connectivity index (χ0n) is 16.7. The van der Waals surface area contributed by atoms with E-state index < -0.39 is 0 Å². The van der Waals surface area contributed by atoms with E-state index in [0.717, 1.165) is 48.2 Å². The fourth-order valence-corrected chi connectivity index (χ4v) is 3.78. The zero-order valence-corrected chi connectivity index (χ0v) is 16.7. The van der Waals surface area contributed by atoms with Gasteiger partial charge in [-0.2, -0.15) is 0 Å². The zero-order chi connectivity index (χ0) is 20.4. The third-order valence-electron chi connectivity index (χ3n) is 5.32. The first-order valence-corrected chi connectivity index (χ1v) is 9.81. The van der Waals surface area contributed by atoms with Crippen LogP contribution in [0.25, 0.3) is 17.0 Å². The van der Waals surface area contributed by atoms with Gasteiger partial charge in [0.1, 0.15) is 5.82 Å². The predicted octanol–water partition coefficient (Wildman–Crippen LogP) is 4.84. The van der Waals surface area contributed by atoms with Gasteiger partial charge in [-0.05, 0) is 61.2 Å². The number of hydrogen-bond acceptors (Lipinski definition) is 5. The van der Waals surface area contributed by atoms with Crippen LogP contribution in [0.1, 0.15) is 35.7 Å². The summed E-state index contributed by atoms with van der Waals surface area (Å²) in [6.45, 7) is 3.74. The Bertz CT molecular complexity index is 1100. The number of phenols is 1. The third kappa shape index (κ3) is 3.81. The number of nitrogens with zero attached hydrogens (tertiary/aromatic N) is 2. The second-order valence-electron chi connectivity index (χ2n) is 7.33. The lowest BCUT2D eigenvalue weighted by atomic mass is 9.98. The lowest BCUT2D eigenvalue weighted by Gasteiger charge is -2.18. The molecule has 5 nitrogen and oxygen atoms in total. The molecule has 2 aromatic carbocycles. The van der Waals surface area contributed by atoms with Gasteiger partial charge in [0, 0.05) is 24.0 Å². The SMILES string of the molecule is COc1ccc(/C=C(\C)C(=O)c2cc(N3CCCC3)nc3ccccc23)cc1O. The minimum atomic E-state index is -0.0423. The quantitative estimate of drug-likeness (QED) is 0.501. The van der Waals surface area contributed by atoms with Gasteiger partial charge < -0.3 is 14.7 Å². The van der Waals surface area contributed by atoms with Crippen molar-refractivity contribution in [2.75, 3.05) is 25.1 Å². The first kappa shape index (κ1) is 19.0. The molecule has 0 unspecified atom stereocenters. The van der Waals surface area contributed by atoms with E-state index in [-0.39, 0.29) is 11.5 Å². The Morgan fingerprint density at radius 2 is 1.90 bits per heavy atom. The molecule has 2 heterocycles. The van der Waals surface area contributed by atoms with Crippen LogP contribution < -0.4 is 9.64 Å². The van der Waals surface area contributed by atoms with Crippen LogP contribution in [0.5, 0.6) is 11.5 Å². The van der Waals surface area contributed by atoms with Gasteiger partial charge in [0.2, 0.25) is 0 Å². The van der Waals surface area contributed by atoms with Gasteiger partial charge in [0.05, 0.1) is 12.6 Å². The van der Waals surface area contributed by atoms with Crippen molar-refractivity contribution in [3.8, 4) is 11.5 Å². The number of anilines is 1. The molecule has 1 aliphatic rings. The molecule has 148 valence electrons. The first-order chi connectivity index (χ1) is 14.1. The molecular weight excluding hydrogens is 364 g/mol. The van der Waals surface area contributed by atoms with Crippen molar-refractivity contribution >= 4 is 28.6 Å². The van der Waals surface area contributed by atoms with E-state index in [9.17, 15) is 9.90 Å². The number of allylic oxidation sites excluding steroid dienone is 1. The summed E-state index contributed by atoms with van der Waals surface area (Å²) in [4.78, 5) is 20.4. The number of carbonyl (C=O) groups excluding carboxylic acids is 1. The van der Waals surface area contributed by atoms with Crippen molar-refractivity contribution < 1.29 is 14.6 Å². The molecule has 0 saturated carbocycles. The highest BCUT2D eigenvalue weighted by Crippen LogP contribution is 2.29. The van der Waals surface area contributed by atoms with E-state index in [2.05, 4.69) is 4.90 Å². The summed E-state index contributed by atoms with van der Waals surface area (Å²) in [7, 11) is 1.51. The number of methoxy groups -OCH3 is 1. The first-order valence-electron chi connectivity index (χ1n) is 9.81. The number of Topliss-reactive ketones (excluding diaryl/α,β-unsaturated/α-hetero) is 1. The average molecular weight is 388 g/mol. The molecule has 1 aliphatic heterocycles. The van der Waals surface area contributed by atoms with Gasteiger partial charge >= 0.3 is 0 Å². The second-order valence-corrected chi connectivity index (χ2v) is 7.33.